The van der Waals surface area contributed by atoms with E-state index in [1.807, 2.05) is 12.1 Å². The van der Waals surface area contributed by atoms with Gasteiger partial charge >= 0.3 is 0 Å². The van der Waals surface area contributed by atoms with Gasteiger partial charge in [0.1, 0.15) is 5.82 Å². The van der Waals surface area contributed by atoms with E-state index >= 15 is 0 Å². The van der Waals surface area contributed by atoms with E-state index in [0.29, 0.717) is 27.4 Å². The minimum Gasteiger partial charge on any atom is -0.327 e. The van der Waals surface area contributed by atoms with Crippen LogP contribution in [0.15, 0.2) is 40.9 Å². The van der Waals surface area contributed by atoms with Crippen LogP contribution in [-0.2, 0) is 12.8 Å². The van der Waals surface area contributed by atoms with Crippen LogP contribution < -0.4 is 5.73 Å². The fraction of sp³-hybridized carbons (Fsp3) is 0.200. The number of rotatable bonds is 4. The molecule has 0 aromatic heterocycles. The monoisotopic (exact) mass is 375 g/mol. The maximum absolute atomic E-state index is 13.2. The van der Waals surface area contributed by atoms with Gasteiger partial charge in [-0.2, -0.15) is 0 Å². The quantitative estimate of drug-likeness (QED) is 0.797. The summed E-state index contributed by atoms with van der Waals surface area (Å²) in [6.45, 7) is 0. The molecule has 2 rings (SSSR count). The van der Waals surface area contributed by atoms with Crippen molar-refractivity contribution in [3.8, 4) is 0 Å². The summed E-state index contributed by atoms with van der Waals surface area (Å²) in [5, 5.41) is 1.06. The lowest BCUT2D eigenvalue weighted by Crippen LogP contribution is -2.25. The summed E-state index contributed by atoms with van der Waals surface area (Å²) in [7, 11) is 0. The lowest BCUT2D eigenvalue weighted by atomic mass is 10.00. The van der Waals surface area contributed by atoms with Crippen molar-refractivity contribution in [2.75, 3.05) is 0 Å². The first-order valence-electron chi connectivity index (χ1n) is 6.09. The lowest BCUT2D eigenvalue weighted by molar-refractivity contribution is 0.617. The summed E-state index contributed by atoms with van der Waals surface area (Å²) < 4.78 is 13.6. The van der Waals surface area contributed by atoms with Crippen molar-refractivity contribution < 1.29 is 4.39 Å². The zero-order valence-electron chi connectivity index (χ0n) is 10.5. The maximum Gasteiger partial charge on any atom is 0.137 e. The highest BCUT2D eigenvalue weighted by molar-refractivity contribution is 9.10. The topological polar surface area (TPSA) is 26.0 Å². The predicted molar refractivity (Wildman–Crippen MR) is 85.9 cm³/mol. The van der Waals surface area contributed by atoms with Crippen molar-refractivity contribution in [3.05, 3.63) is 67.9 Å². The minimum absolute atomic E-state index is 0.0652. The summed E-state index contributed by atoms with van der Waals surface area (Å²) in [5.74, 6) is -0.271. The number of nitrogens with two attached hydrogens (primary N) is 1. The second kappa shape index (κ2) is 6.90. The van der Waals surface area contributed by atoms with E-state index in [0.717, 1.165) is 11.1 Å². The molecule has 0 bridgehead atoms. The van der Waals surface area contributed by atoms with E-state index in [2.05, 4.69) is 15.9 Å². The highest BCUT2D eigenvalue weighted by Crippen LogP contribution is 2.23. The molecule has 0 heterocycles. The number of benzene rings is 2. The van der Waals surface area contributed by atoms with Crippen LogP contribution >= 0.6 is 39.1 Å². The molecule has 0 spiro atoms. The second-order valence-electron chi connectivity index (χ2n) is 4.67. The summed E-state index contributed by atoms with van der Waals surface area (Å²) in [5.41, 5.74) is 8.16. The van der Waals surface area contributed by atoms with Crippen LogP contribution in [0.4, 0.5) is 4.39 Å². The average molecular weight is 377 g/mol. The Morgan fingerprint density at radius 1 is 1.00 bits per heavy atom. The van der Waals surface area contributed by atoms with Crippen molar-refractivity contribution >= 4 is 39.1 Å². The highest BCUT2D eigenvalue weighted by atomic mass is 79.9. The smallest absolute Gasteiger partial charge is 0.137 e. The molecule has 0 aliphatic carbocycles. The molecule has 2 aromatic rings. The Morgan fingerprint density at radius 2 is 1.60 bits per heavy atom. The van der Waals surface area contributed by atoms with Crippen LogP contribution in [0, 0.1) is 5.82 Å². The lowest BCUT2D eigenvalue weighted by Gasteiger charge is -2.13. The van der Waals surface area contributed by atoms with E-state index in [1.165, 1.54) is 6.07 Å². The van der Waals surface area contributed by atoms with E-state index < -0.39 is 0 Å². The molecule has 1 nitrogen and oxygen atoms in total. The molecule has 2 aromatic carbocycles. The van der Waals surface area contributed by atoms with Gasteiger partial charge in [-0.1, -0.05) is 35.3 Å². The number of hydrogen-bond acceptors (Lipinski definition) is 1. The van der Waals surface area contributed by atoms with Crippen molar-refractivity contribution in [2.24, 2.45) is 5.73 Å². The third-order valence-electron chi connectivity index (χ3n) is 2.96. The van der Waals surface area contributed by atoms with Gasteiger partial charge in [0.15, 0.2) is 0 Å². The molecule has 0 aliphatic rings. The third-order valence-corrected chi connectivity index (χ3v) is 4.31. The molecule has 0 aliphatic heterocycles. The molecule has 20 heavy (non-hydrogen) atoms. The number of halogens is 4. The van der Waals surface area contributed by atoms with Gasteiger partial charge < -0.3 is 5.73 Å². The van der Waals surface area contributed by atoms with Gasteiger partial charge in [-0.3, -0.25) is 0 Å². The third kappa shape index (κ3) is 4.19. The molecule has 1 atom stereocenters. The summed E-state index contributed by atoms with van der Waals surface area (Å²) in [6.07, 6.45) is 1.35. The van der Waals surface area contributed by atoms with E-state index in [1.54, 1.807) is 18.2 Å². The van der Waals surface area contributed by atoms with E-state index in [4.69, 9.17) is 28.9 Å². The van der Waals surface area contributed by atoms with Crippen LogP contribution in [0.3, 0.4) is 0 Å². The molecule has 0 radical (unpaired) electrons. The predicted octanol–water partition coefficient (Wildman–Crippen LogP) is 5.01. The molecule has 106 valence electrons. The summed E-state index contributed by atoms with van der Waals surface area (Å²) >= 11 is 15.0. The fourth-order valence-corrected chi connectivity index (χ4v) is 2.76. The van der Waals surface area contributed by atoms with Gasteiger partial charge in [0, 0.05) is 6.04 Å². The standard InChI is InChI=1S/C15H13BrCl2FN/c16-12-7-9(2-4-15(12)19)5-11(20)6-10-1-3-13(17)14(18)8-10/h1-4,7-8,11H,5-6,20H2. The fourth-order valence-electron chi connectivity index (χ4n) is 2.01. The molecule has 5 heteroatoms. The van der Waals surface area contributed by atoms with Crippen LogP contribution in [0.1, 0.15) is 11.1 Å². The van der Waals surface area contributed by atoms with Gasteiger partial charge in [-0.05, 0) is 64.2 Å². The minimum atomic E-state index is -0.271. The van der Waals surface area contributed by atoms with E-state index in [9.17, 15) is 4.39 Å². The van der Waals surface area contributed by atoms with Crippen LogP contribution in [0.2, 0.25) is 10.0 Å². The molecule has 0 amide bonds. The summed E-state index contributed by atoms with van der Waals surface area (Å²) in [4.78, 5) is 0. The maximum atomic E-state index is 13.2. The van der Waals surface area contributed by atoms with Gasteiger partial charge in [0.05, 0.1) is 14.5 Å². The Labute approximate surface area is 136 Å². The average Bonchev–Trinajstić information content (AvgIpc) is 2.38. The second-order valence-corrected chi connectivity index (χ2v) is 6.33. The molecule has 0 saturated carbocycles. The molecule has 2 N–H and O–H groups in total. The summed E-state index contributed by atoms with van der Waals surface area (Å²) in [6, 6.07) is 10.4. The van der Waals surface area contributed by atoms with Crippen LogP contribution in [0.25, 0.3) is 0 Å². The number of hydrogen-bond donors (Lipinski definition) is 1. The van der Waals surface area contributed by atoms with Gasteiger partial charge in [0.2, 0.25) is 0 Å². The Hall–Kier alpha value is -0.610. The van der Waals surface area contributed by atoms with Gasteiger partial charge in [-0.25, -0.2) is 4.39 Å². The van der Waals surface area contributed by atoms with Crippen LogP contribution in [-0.4, -0.2) is 6.04 Å². The molecule has 0 fully saturated rings. The Kier molecular flexibility index (Phi) is 5.44. The largest absolute Gasteiger partial charge is 0.327 e. The zero-order valence-corrected chi connectivity index (χ0v) is 13.6. The molecule has 0 saturated heterocycles. The van der Waals surface area contributed by atoms with Crippen LogP contribution in [0.5, 0.6) is 0 Å². The Bertz CT molecular complexity index is 565. The van der Waals surface area contributed by atoms with Gasteiger partial charge in [0.25, 0.3) is 0 Å². The zero-order chi connectivity index (χ0) is 14.7. The molecule has 1 unspecified atom stereocenters. The van der Waals surface area contributed by atoms with Gasteiger partial charge in [-0.15, -0.1) is 0 Å². The SMILES string of the molecule is NC(Cc1ccc(Cl)c(Cl)c1)Cc1ccc(F)c(Br)c1. The first-order valence-corrected chi connectivity index (χ1v) is 7.64. The van der Waals surface area contributed by atoms with Crippen molar-refractivity contribution in [1.82, 2.24) is 0 Å². The Balaban J connectivity index is 2.02. The van der Waals surface area contributed by atoms with E-state index in [-0.39, 0.29) is 11.9 Å². The molecular weight excluding hydrogens is 364 g/mol. The highest BCUT2D eigenvalue weighted by Gasteiger charge is 2.09. The van der Waals surface area contributed by atoms with Crippen molar-refractivity contribution in [2.45, 2.75) is 18.9 Å². The molecular formula is C15H13BrCl2FN. The van der Waals surface area contributed by atoms with Crippen molar-refractivity contribution in [1.29, 1.82) is 0 Å². The van der Waals surface area contributed by atoms with Crippen molar-refractivity contribution in [3.63, 3.8) is 0 Å². The Morgan fingerprint density at radius 3 is 2.20 bits per heavy atom. The normalized spacial score (nSPS) is 12.4. The first kappa shape index (κ1) is 15.8. The first-order chi connectivity index (χ1) is 9.45.